The number of fused-ring (bicyclic) bond motifs is 1. The Labute approximate surface area is 215 Å². The van der Waals surface area contributed by atoms with Gasteiger partial charge in [0.1, 0.15) is 28.1 Å². The Balaban J connectivity index is 1.87. The van der Waals surface area contributed by atoms with Gasteiger partial charge in [0.05, 0.1) is 23.4 Å². The first-order valence-corrected chi connectivity index (χ1v) is 11.6. The normalized spacial score (nSPS) is 11.6. The molecule has 0 atom stereocenters. The lowest BCUT2D eigenvalue weighted by Crippen LogP contribution is -2.21. The van der Waals surface area contributed by atoms with Crippen LogP contribution in [0.15, 0.2) is 18.5 Å². The van der Waals surface area contributed by atoms with Gasteiger partial charge in [-0.15, -0.1) is 16.4 Å². The van der Waals surface area contributed by atoms with Crippen molar-refractivity contribution in [2.45, 2.75) is 33.1 Å². The number of nitrogens with one attached hydrogen (secondary N) is 1. The monoisotopic (exact) mass is 552 g/mol. The molecule has 0 aromatic carbocycles. The van der Waals surface area contributed by atoms with E-state index in [4.69, 9.17) is 10.5 Å². The third-order valence-corrected chi connectivity index (χ3v) is 6.50. The molecule has 13 nitrogen and oxygen atoms in total. The molecule has 4 heterocycles. The maximum absolute atomic E-state index is 13.7. The van der Waals surface area contributed by atoms with Crippen molar-refractivity contribution in [3.05, 3.63) is 44.8 Å². The summed E-state index contributed by atoms with van der Waals surface area (Å²) in [6.07, 6.45) is -2.28. The third kappa shape index (κ3) is 4.86. The lowest BCUT2D eigenvalue weighted by molar-refractivity contribution is -0.385. The van der Waals surface area contributed by atoms with E-state index in [9.17, 15) is 32.9 Å². The van der Waals surface area contributed by atoms with E-state index in [-0.39, 0.29) is 32.2 Å². The van der Waals surface area contributed by atoms with Crippen LogP contribution in [0.25, 0.3) is 21.3 Å². The largest absolute Gasteiger partial charge is 0.475 e. The van der Waals surface area contributed by atoms with E-state index in [0.717, 1.165) is 16.9 Å². The molecule has 4 aromatic rings. The number of hydrogen-bond donors (Lipinski definition) is 2. The van der Waals surface area contributed by atoms with Crippen LogP contribution in [0.1, 0.15) is 28.0 Å². The highest BCUT2D eigenvalue weighted by Crippen LogP contribution is 2.44. The van der Waals surface area contributed by atoms with Crippen molar-refractivity contribution in [2.75, 3.05) is 12.4 Å². The first-order valence-electron chi connectivity index (χ1n) is 10.8. The average Bonchev–Trinajstić information content (AvgIpc) is 3.52. The predicted octanol–water partition coefficient (Wildman–Crippen LogP) is 3.36. The number of aromatic nitrogens is 5. The number of halogens is 3. The molecule has 0 bridgehead atoms. The molecule has 0 saturated carbocycles. The van der Waals surface area contributed by atoms with Crippen LogP contribution in [0.3, 0.4) is 0 Å². The number of methoxy groups -OCH3 is 1. The molecule has 17 heteroatoms. The topological polar surface area (TPSA) is 173 Å². The van der Waals surface area contributed by atoms with Gasteiger partial charge in [-0.2, -0.15) is 18.3 Å². The molecule has 200 valence electrons. The van der Waals surface area contributed by atoms with E-state index < -0.39 is 40.8 Å². The Morgan fingerprint density at radius 1 is 1.24 bits per heavy atom. The fourth-order valence-electron chi connectivity index (χ4n) is 3.76. The van der Waals surface area contributed by atoms with Crippen LogP contribution in [-0.4, -0.2) is 48.4 Å². The minimum atomic E-state index is -4.80. The van der Waals surface area contributed by atoms with Gasteiger partial charge in [-0.1, -0.05) is 0 Å². The highest BCUT2D eigenvalue weighted by Gasteiger charge is 2.35. The zero-order chi connectivity index (χ0) is 27.9. The van der Waals surface area contributed by atoms with Gasteiger partial charge in [-0.3, -0.25) is 29.1 Å². The van der Waals surface area contributed by atoms with E-state index >= 15 is 0 Å². The molecule has 3 N–H and O–H groups in total. The van der Waals surface area contributed by atoms with Gasteiger partial charge >= 0.3 is 17.7 Å². The SMILES string of the molecule is CCn1cc(-c2cc(C(F)(F)F)nc3sc(C(N)=O)c(NC(=O)Cn4cc([N+](=O)[O-])c(OC)n4)c23)c(C)n1. The van der Waals surface area contributed by atoms with Crippen molar-refractivity contribution in [3.8, 4) is 17.0 Å². The van der Waals surface area contributed by atoms with E-state index in [1.165, 1.54) is 11.8 Å². The number of carbonyl (C=O) groups is 2. The van der Waals surface area contributed by atoms with E-state index in [1.54, 1.807) is 20.0 Å². The molecule has 4 rings (SSSR count). The summed E-state index contributed by atoms with van der Waals surface area (Å²) in [7, 11) is 1.17. The smallest absolute Gasteiger partial charge is 0.433 e. The number of thiophene rings is 1. The quantitative estimate of drug-likeness (QED) is 0.247. The number of nitro groups is 1. The molecular formula is C21H19F3N8O5S. The maximum Gasteiger partial charge on any atom is 0.433 e. The van der Waals surface area contributed by atoms with Crippen LogP contribution in [0.5, 0.6) is 5.88 Å². The lowest BCUT2D eigenvalue weighted by atomic mass is 10.0. The Morgan fingerprint density at radius 3 is 2.47 bits per heavy atom. The summed E-state index contributed by atoms with van der Waals surface area (Å²) >= 11 is 0.593. The summed E-state index contributed by atoms with van der Waals surface area (Å²) in [5, 5.41) is 21.8. The molecule has 2 amide bonds. The zero-order valence-electron chi connectivity index (χ0n) is 20.0. The number of aryl methyl sites for hydroxylation is 2. The Hall–Kier alpha value is -4.54. The Morgan fingerprint density at radius 2 is 1.95 bits per heavy atom. The van der Waals surface area contributed by atoms with Crippen LogP contribution < -0.4 is 15.8 Å². The lowest BCUT2D eigenvalue weighted by Gasteiger charge is -2.12. The number of nitrogens with zero attached hydrogens (tertiary/aromatic N) is 6. The number of pyridine rings is 1. The molecule has 0 saturated heterocycles. The molecule has 0 fully saturated rings. The number of rotatable bonds is 8. The molecule has 0 unspecified atom stereocenters. The van der Waals surface area contributed by atoms with Crippen LogP contribution in [0.2, 0.25) is 0 Å². The van der Waals surface area contributed by atoms with Gasteiger partial charge in [0, 0.05) is 23.7 Å². The van der Waals surface area contributed by atoms with E-state index in [2.05, 4.69) is 20.5 Å². The molecule has 4 aromatic heterocycles. The van der Waals surface area contributed by atoms with Gasteiger partial charge in [0.15, 0.2) is 0 Å². The average molecular weight is 552 g/mol. The molecular weight excluding hydrogens is 533 g/mol. The van der Waals surface area contributed by atoms with Gasteiger partial charge < -0.3 is 15.8 Å². The number of carbonyl (C=O) groups excluding carboxylic acids is 2. The third-order valence-electron chi connectivity index (χ3n) is 5.41. The van der Waals surface area contributed by atoms with E-state index in [1.807, 2.05) is 0 Å². The second-order valence-corrected chi connectivity index (χ2v) is 8.91. The summed E-state index contributed by atoms with van der Waals surface area (Å²) in [5.74, 6) is -2.12. The fourth-order valence-corrected chi connectivity index (χ4v) is 4.77. The van der Waals surface area contributed by atoms with Crippen molar-refractivity contribution in [2.24, 2.45) is 5.73 Å². The molecule has 0 radical (unpaired) electrons. The van der Waals surface area contributed by atoms with Crippen LogP contribution in [0.4, 0.5) is 24.5 Å². The van der Waals surface area contributed by atoms with Gasteiger partial charge in [0.25, 0.3) is 5.91 Å². The molecule has 0 aliphatic heterocycles. The number of ether oxygens (including phenoxy) is 1. The second-order valence-electron chi connectivity index (χ2n) is 7.91. The first-order chi connectivity index (χ1) is 17.8. The minimum Gasteiger partial charge on any atom is -0.475 e. The van der Waals surface area contributed by atoms with E-state index in [0.29, 0.717) is 29.1 Å². The number of alkyl halides is 3. The highest BCUT2D eigenvalue weighted by atomic mass is 32.1. The zero-order valence-corrected chi connectivity index (χ0v) is 20.8. The number of anilines is 1. The number of nitrogens with two attached hydrogens (primary N) is 1. The predicted molar refractivity (Wildman–Crippen MR) is 129 cm³/mol. The second kappa shape index (κ2) is 9.73. The maximum atomic E-state index is 13.7. The standard InChI is InChI=1S/C21H19F3N8O5S/c1-4-30-6-11(9(2)28-30)10-5-13(21(22,23)24)26-20-15(10)16(17(38-20)18(25)34)27-14(33)8-31-7-12(32(35)36)19(29-31)37-3/h5-7H,4,8H2,1-3H3,(H2,25,34)(H,27,33). The Bertz CT molecular complexity index is 1590. The number of primary amides is 1. The Kier molecular flexibility index (Phi) is 6.79. The van der Waals surface area contributed by atoms with Crippen molar-refractivity contribution >= 4 is 44.7 Å². The van der Waals surface area contributed by atoms with Crippen molar-refractivity contribution in [1.82, 2.24) is 24.5 Å². The van der Waals surface area contributed by atoms with Gasteiger partial charge in [-0.25, -0.2) is 4.98 Å². The molecule has 0 aliphatic rings. The minimum absolute atomic E-state index is 0.0370. The van der Waals surface area contributed by atoms with Crippen molar-refractivity contribution in [3.63, 3.8) is 0 Å². The molecule has 38 heavy (non-hydrogen) atoms. The van der Waals surface area contributed by atoms with Crippen LogP contribution in [0, 0.1) is 17.0 Å². The van der Waals surface area contributed by atoms with Gasteiger partial charge in [-0.05, 0) is 25.5 Å². The summed E-state index contributed by atoms with van der Waals surface area (Å²) in [4.78, 5) is 38.9. The summed E-state index contributed by atoms with van der Waals surface area (Å²) in [5.41, 5.74) is 4.46. The van der Waals surface area contributed by atoms with Gasteiger partial charge in [0.2, 0.25) is 5.91 Å². The summed E-state index contributed by atoms with van der Waals surface area (Å²) < 4.78 is 48.5. The van der Waals surface area contributed by atoms with Crippen LogP contribution in [-0.2, 0) is 24.1 Å². The summed E-state index contributed by atoms with van der Waals surface area (Å²) in [6, 6.07) is 0.821. The molecule has 0 aliphatic carbocycles. The van der Waals surface area contributed by atoms with Crippen molar-refractivity contribution in [1.29, 1.82) is 0 Å². The first kappa shape index (κ1) is 26.5. The molecule has 0 spiro atoms. The van der Waals surface area contributed by atoms with Crippen LogP contribution >= 0.6 is 11.3 Å². The van der Waals surface area contributed by atoms with Crippen molar-refractivity contribution < 1.29 is 32.4 Å². The fraction of sp³-hybridized carbons (Fsp3) is 0.286. The summed E-state index contributed by atoms with van der Waals surface area (Å²) in [6.45, 7) is 3.31. The number of amides is 2. The highest BCUT2D eigenvalue weighted by molar-refractivity contribution is 7.21. The number of hydrogen-bond acceptors (Lipinski definition) is 9.